The molecular weight excluding hydrogens is 234 g/mol. The quantitative estimate of drug-likeness (QED) is 0.755. The van der Waals surface area contributed by atoms with Crippen LogP contribution < -0.4 is 0 Å². The van der Waals surface area contributed by atoms with E-state index in [4.69, 9.17) is 4.74 Å². The van der Waals surface area contributed by atoms with Gasteiger partial charge in [-0.05, 0) is 17.7 Å². The maximum absolute atomic E-state index is 10.7. The van der Waals surface area contributed by atoms with Crippen LogP contribution in [0.25, 0.3) is 0 Å². The van der Waals surface area contributed by atoms with Crippen molar-refractivity contribution in [2.24, 2.45) is 4.99 Å². The molecule has 0 saturated heterocycles. The topological polar surface area (TPSA) is 38.7 Å². The van der Waals surface area contributed by atoms with Gasteiger partial charge in [0, 0.05) is 4.47 Å². The third-order valence-electron chi connectivity index (χ3n) is 1.74. The van der Waals surface area contributed by atoms with Gasteiger partial charge in [0.1, 0.15) is 6.61 Å². The van der Waals surface area contributed by atoms with Gasteiger partial charge in [0.2, 0.25) is 0 Å². The Balaban J connectivity index is 2.31. The monoisotopic (exact) mass is 239 g/mol. The summed E-state index contributed by atoms with van der Waals surface area (Å²) in [6.45, 7) is 0.278. The number of carbonyl (C=O) groups is 1. The number of halogens is 1. The van der Waals surface area contributed by atoms with Gasteiger partial charge in [-0.3, -0.25) is 0 Å². The number of amides is 1. The van der Waals surface area contributed by atoms with Crippen LogP contribution in [0, 0.1) is 0 Å². The first-order valence-electron chi connectivity index (χ1n) is 3.76. The number of cyclic esters (lactones) is 1. The number of benzene rings is 1. The van der Waals surface area contributed by atoms with Crippen LogP contribution in [0.15, 0.2) is 33.7 Å². The average molecular weight is 240 g/mol. The molecule has 0 fully saturated rings. The number of hydrogen-bond donors (Lipinski definition) is 0. The van der Waals surface area contributed by atoms with Gasteiger partial charge >= 0.3 is 6.09 Å². The Morgan fingerprint density at radius 3 is 2.54 bits per heavy atom. The van der Waals surface area contributed by atoms with Gasteiger partial charge in [-0.25, -0.2) is 4.79 Å². The first kappa shape index (κ1) is 8.44. The number of ether oxygens (including phenoxy) is 1. The molecule has 0 spiro atoms. The van der Waals surface area contributed by atoms with Gasteiger partial charge in [0.25, 0.3) is 0 Å². The minimum absolute atomic E-state index is 0.278. The lowest BCUT2D eigenvalue weighted by Gasteiger charge is -1.97. The summed E-state index contributed by atoms with van der Waals surface area (Å²) in [5.41, 5.74) is 1.62. The molecule has 1 aliphatic rings. The van der Waals surface area contributed by atoms with Gasteiger partial charge in [-0.1, -0.05) is 28.1 Å². The first-order chi connectivity index (χ1) is 6.25. The minimum Gasteiger partial charge on any atom is -0.441 e. The lowest BCUT2D eigenvalue weighted by Crippen LogP contribution is -2.02. The van der Waals surface area contributed by atoms with Crippen molar-refractivity contribution < 1.29 is 9.53 Å². The summed E-state index contributed by atoms with van der Waals surface area (Å²) in [6.07, 6.45) is -0.502. The van der Waals surface area contributed by atoms with Crippen LogP contribution in [-0.4, -0.2) is 18.4 Å². The number of carbonyl (C=O) groups excluding carboxylic acids is 1. The SMILES string of the molecule is O=C1N=C(c2ccc(Br)cc2)CO1. The summed E-state index contributed by atoms with van der Waals surface area (Å²) in [5, 5.41) is 0. The molecule has 1 heterocycles. The van der Waals surface area contributed by atoms with E-state index in [0.29, 0.717) is 5.71 Å². The Hall–Kier alpha value is -1.16. The van der Waals surface area contributed by atoms with Gasteiger partial charge in [0.15, 0.2) is 0 Å². The highest BCUT2D eigenvalue weighted by Crippen LogP contribution is 2.13. The molecule has 1 aromatic carbocycles. The normalized spacial score (nSPS) is 15.5. The third kappa shape index (κ3) is 1.78. The van der Waals surface area contributed by atoms with Gasteiger partial charge in [0.05, 0.1) is 5.71 Å². The molecule has 0 aliphatic carbocycles. The smallest absolute Gasteiger partial charge is 0.434 e. The Morgan fingerprint density at radius 2 is 2.00 bits per heavy atom. The molecule has 0 atom stereocenters. The number of hydrogen-bond acceptors (Lipinski definition) is 2. The van der Waals surface area contributed by atoms with E-state index < -0.39 is 6.09 Å². The highest BCUT2D eigenvalue weighted by molar-refractivity contribution is 9.10. The van der Waals surface area contributed by atoms with Crippen LogP contribution in [0.2, 0.25) is 0 Å². The summed E-state index contributed by atoms with van der Waals surface area (Å²) in [6, 6.07) is 7.59. The van der Waals surface area contributed by atoms with E-state index >= 15 is 0 Å². The van der Waals surface area contributed by atoms with Crippen molar-refractivity contribution in [2.45, 2.75) is 0 Å². The molecule has 1 amide bonds. The third-order valence-corrected chi connectivity index (χ3v) is 2.26. The zero-order chi connectivity index (χ0) is 9.26. The molecular formula is C9H6BrNO2. The molecule has 4 heteroatoms. The number of rotatable bonds is 1. The van der Waals surface area contributed by atoms with E-state index in [9.17, 15) is 4.79 Å². The molecule has 1 aromatic rings. The van der Waals surface area contributed by atoms with Gasteiger partial charge in [-0.2, -0.15) is 4.99 Å². The maximum Gasteiger partial charge on any atom is 0.434 e. The number of nitrogens with zero attached hydrogens (tertiary/aromatic N) is 1. The summed E-state index contributed by atoms with van der Waals surface area (Å²) >= 11 is 3.33. The van der Waals surface area contributed by atoms with Crippen LogP contribution in [-0.2, 0) is 4.74 Å². The highest BCUT2D eigenvalue weighted by Gasteiger charge is 2.15. The lowest BCUT2D eigenvalue weighted by atomic mass is 10.1. The Labute approximate surface area is 83.6 Å². The number of aliphatic imine (C=N–C) groups is 1. The first-order valence-corrected chi connectivity index (χ1v) is 4.55. The van der Waals surface area contributed by atoms with Gasteiger partial charge in [-0.15, -0.1) is 0 Å². The average Bonchev–Trinajstić information content (AvgIpc) is 2.53. The molecule has 2 rings (SSSR count). The van der Waals surface area contributed by atoms with Crippen LogP contribution >= 0.6 is 15.9 Å². The highest BCUT2D eigenvalue weighted by atomic mass is 79.9. The van der Waals surface area contributed by atoms with E-state index in [0.717, 1.165) is 10.0 Å². The van der Waals surface area contributed by atoms with Crippen molar-refractivity contribution in [3.05, 3.63) is 34.3 Å². The Kier molecular flexibility index (Phi) is 2.14. The molecule has 3 nitrogen and oxygen atoms in total. The van der Waals surface area contributed by atoms with E-state index in [-0.39, 0.29) is 6.61 Å². The van der Waals surface area contributed by atoms with E-state index in [1.165, 1.54) is 0 Å². The zero-order valence-corrected chi connectivity index (χ0v) is 8.24. The Morgan fingerprint density at radius 1 is 1.31 bits per heavy atom. The standard InChI is InChI=1S/C9H6BrNO2/c10-7-3-1-6(2-4-7)8-5-13-9(12)11-8/h1-4H,5H2. The fourth-order valence-corrected chi connectivity index (χ4v) is 1.36. The minimum atomic E-state index is -0.502. The van der Waals surface area contributed by atoms with Crippen LogP contribution in [0.5, 0.6) is 0 Å². The van der Waals surface area contributed by atoms with Crippen molar-refractivity contribution in [3.8, 4) is 0 Å². The molecule has 0 bridgehead atoms. The van der Waals surface area contributed by atoms with Gasteiger partial charge < -0.3 is 4.74 Å². The van der Waals surface area contributed by atoms with Crippen molar-refractivity contribution in [1.82, 2.24) is 0 Å². The van der Waals surface area contributed by atoms with Crippen molar-refractivity contribution in [2.75, 3.05) is 6.61 Å². The maximum atomic E-state index is 10.7. The van der Waals surface area contributed by atoms with Crippen LogP contribution in [0.1, 0.15) is 5.56 Å². The second-order valence-corrected chi connectivity index (χ2v) is 3.54. The molecule has 66 valence electrons. The van der Waals surface area contributed by atoms with E-state index in [1.54, 1.807) is 0 Å². The fourth-order valence-electron chi connectivity index (χ4n) is 1.09. The van der Waals surface area contributed by atoms with E-state index in [1.807, 2.05) is 24.3 Å². The summed E-state index contributed by atoms with van der Waals surface area (Å²) in [5.74, 6) is 0. The Bertz CT molecular complexity index is 370. The molecule has 0 aromatic heterocycles. The molecule has 0 saturated carbocycles. The molecule has 0 unspecified atom stereocenters. The second-order valence-electron chi connectivity index (χ2n) is 2.62. The summed E-state index contributed by atoms with van der Waals surface area (Å²) < 4.78 is 5.70. The van der Waals surface area contributed by atoms with Crippen LogP contribution in [0.4, 0.5) is 4.79 Å². The molecule has 0 N–H and O–H groups in total. The predicted octanol–water partition coefficient (Wildman–Crippen LogP) is 2.39. The van der Waals surface area contributed by atoms with Crippen molar-refractivity contribution in [3.63, 3.8) is 0 Å². The lowest BCUT2D eigenvalue weighted by molar-refractivity contribution is 0.181. The van der Waals surface area contributed by atoms with Crippen LogP contribution in [0.3, 0.4) is 0 Å². The molecule has 0 radical (unpaired) electrons. The zero-order valence-electron chi connectivity index (χ0n) is 6.66. The largest absolute Gasteiger partial charge is 0.441 e. The second kappa shape index (κ2) is 3.30. The summed E-state index contributed by atoms with van der Waals surface area (Å²) in [4.78, 5) is 14.4. The van der Waals surface area contributed by atoms with E-state index in [2.05, 4.69) is 20.9 Å². The fraction of sp³-hybridized carbons (Fsp3) is 0.111. The van der Waals surface area contributed by atoms with Crippen molar-refractivity contribution >= 4 is 27.7 Å². The predicted molar refractivity (Wildman–Crippen MR) is 52.0 cm³/mol. The molecule has 1 aliphatic heterocycles. The van der Waals surface area contributed by atoms with Crippen molar-refractivity contribution in [1.29, 1.82) is 0 Å². The molecule has 13 heavy (non-hydrogen) atoms. The summed E-state index contributed by atoms with van der Waals surface area (Å²) in [7, 11) is 0.